The lowest BCUT2D eigenvalue weighted by atomic mass is 9.87. The first-order valence-corrected chi connectivity index (χ1v) is 8.05. The third kappa shape index (κ3) is 3.82. The van der Waals surface area contributed by atoms with Gasteiger partial charge in [-0.3, -0.25) is 0 Å². The lowest BCUT2D eigenvalue weighted by Crippen LogP contribution is -2.10. The van der Waals surface area contributed by atoms with E-state index in [0.29, 0.717) is 11.7 Å². The standard InChI is InChI=1S/C20H22N2O2/c1-14-5-7-15(8-6-14)19-21-18(24-22-19)13-23-17-11-9-16(10-12-17)20(2,3)4/h5-12H,13H2,1-4H3. The predicted molar refractivity (Wildman–Crippen MR) is 93.9 cm³/mol. The second-order valence-corrected chi connectivity index (χ2v) is 6.94. The second-order valence-electron chi connectivity index (χ2n) is 6.94. The molecule has 24 heavy (non-hydrogen) atoms. The Morgan fingerprint density at radius 1 is 0.958 bits per heavy atom. The van der Waals surface area contributed by atoms with Gasteiger partial charge in [-0.15, -0.1) is 0 Å². The topological polar surface area (TPSA) is 48.2 Å². The number of hydrogen-bond donors (Lipinski definition) is 0. The van der Waals surface area contributed by atoms with Gasteiger partial charge in [0.2, 0.25) is 5.82 Å². The summed E-state index contributed by atoms with van der Waals surface area (Å²) in [6.45, 7) is 8.87. The zero-order chi connectivity index (χ0) is 17.2. The zero-order valence-electron chi connectivity index (χ0n) is 14.5. The molecule has 124 valence electrons. The molecule has 0 amide bonds. The van der Waals surface area contributed by atoms with E-state index >= 15 is 0 Å². The number of hydrogen-bond acceptors (Lipinski definition) is 4. The van der Waals surface area contributed by atoms with Crippen molar-refractivity contribution in [3.8, 4) is 17.1 Å². The first-order valence-electron chi connectivity index (χ1n) is 8.05. The Bertz CT molecular complexity index is 797. The molecule has 0 saturated carbocycles. The van der Waals surface area contributed by atoms with Crippen LogP contribution in [0.2, 0.25) is 0 Å². The van der Waals surface area contributed by atoms with Crippen LogP contribution in [0.15, 0.2) is 53.1 Å². The van der Waals surface area contributed by atoms with Crippen molar-refractivity contribution in [2.75, 3.05) is 0 Å². The third-order valence-corrected chi connectivity index (χ3v) is 3.86. The molecule has 2 aromatic carbocycles. The van der Waals surface area contributed by atoms with E-state index < -0.39 is 0 Å². The Morgan fingerprint density at radius 3 is 2.25 bits per heavy atom. The molecule has 0 unspecified atom stereocenters. The Kier molecular flexibility index (Phi) is 4.38. The molecule has 0 N–H and O–H groups in total. The molecular formula is C20H22N2O2. The van der Waals surface area contributed by atoms with E-state index in [1.807, 2.05) is 43.3 Å². The maximum absolute atomic E-state index is 5.73. The minimum absolute atomic E-state index is 0.133. The van der Waals surface area contributed by atoms with Crippen LogP contribution >= 0.6 is 0 Å². The van der Waals surface area contributed by atoms with Gasteiger partial charge in [0.1, 0.15) is 5.75 Å². The Hall–Kier alpha value is -2.62. The Morgan fingerprint density at radius 2 is 1.62 bits per heavy atom. The summed E-state index contributed by atoms with van der Waals surface area (Å²) in [5, 5.41) is 4.01. The van der Waals surface area contributed by atoms with E-state index in [-0.39, 0.29) is 12.0 Å². The average Bonchev–Trinajstić information content (AvgIpc) is 3.02. The number of aromatic nitrogens is 2. The highest BCUT2D eigenvalue weighted by atomic mass is 16.5. The monoisotopic (exact) mass is 322 g/mol. The molecule has 0 aliphatic heterocycles. The SMILES string of the molecule is Cc1ccc(-c2noc(COc3ccc(C(C)(C)C)cc3)n2)cc1. The second kappa shape index (κ2) is 6.48. The highest BCUT2D eigenvalue weighted by molar-refractivity contribution is 5.54. The smallest absolute Gasteiger partial charge is 0.264 e. The van der Waals surface area contributed by atoms with Gasteiger partial charge in [-0.2, -0.15) is 4.98 Å². The molecule has 0 fully saturated rings. The van der Waals surface area contributed by atoms with Gasteiger partial charge in [-0.05, 0) is 30.0 Å². The van der Waals surface area contributed by atoms with Crippen LogP contribution in [-0.4, -0.2) is 10.1 Å². The first kappa shape index (κ1) is 16.2. The molecule has 4 nitrogen and oxygen atoms in total. The zero-order valence-corrected chi connectivity index (χ0v) is 14.5. The maximum atomic E-state index is 5.73. The van der Waals surface area contributed by atoms with Gasteiger partial charge in [0.15, 0.2) is 6.61 Å². The summed E-state index contributed by atoms with van der Waals surface area (Å²) < 4.78 is 11.0. The van der Waals surface area contributed by atoms with Crippen molar-refractivity contribution in [1.82, 2.24) is 10.1 Å². The van der Waals surface area contributed by atoms with Crippen molar-refractivity contribution in [3.05, 3.63) is 65.5 Å². The summed E-state index contributed by atoms with van der Waals surface area (Å²) in [5.74, 6) is 1.83. The van der Waals surface area contributed by atoms with E-state index in [4.69, 9.17) is 9.26 Å². The van der Waals surface area contributed by atoms with Crippen LogP contribution in [0, 0.1) is 6.92 Å². The van der Waals surface area contributed by atoms with Crippen LogP contribution in [-0.2, 0) is 12.0 Å². The summed E-state index contributed by atoms with van der Waals surface area (Å²) in [6, 6.07) is 16.1. The molecule has 0 atom stereocenters. The van der Waals surface area contributed by atoms with Crippen LogP contribution < -0.4 is 4.74 Å². The number of aryl methyl sites for hydroxylation is 1. The van der Waals surface area contributed by atoms with Crippen LogP contribution in [0.5, 0.6) is 5.75 Å². The lowest BCUT2D eigenvalue weighted by molar-refractivity contribution is 0.243. The highest BCUT2D eigenvalue weighted by Gasteiger charge is 2.13. The summed E-state index contributed by atoms with van der Waals surface area (Å²) in [4.78, 5) is 4.38. The fourth-order valence-corrected chi connectivity index (χ4v) is 2.33. The highest BCUT2D eigenvalue weighted by Crippen LogP contribution is 2.24. The molecule has 0 aliphatic rings. The third-order valence-electron chi connectivity index (χ3n) is 3.86. The predicted octanol–water partition coefficient (Wildman–Crippen LogP) is 4.92. The van der Waals surface area contributed by atoms with E-state index in [9.17, 15) is 0 Å². The maximum Gasteiger partial charge on any atom is 0.264 e. The fourth-order valence-electron chi connectivity index (χ4n) is 2.33. The minimum Gasteiger partial charge on any atom is -0.484 e. The van der Waals surface area contributed by atoms with Gasteiger partial charge < -0.3 is 9.26 Å². The molecule has 0 bridgehead atoms. The fraction of sp³-hybridized carbons (Fsp3) is 0.300. The van der Waals surface area contributed by atoms with E-state index in [1.165, 1.54) is 11.1 Å². The molecule has 0 radical (unpaired) electrons. The Balaban J connectivity index is 1.64. The van der Waals surface area contributed by atoms with Crippen molar-refractivity contribution in [2.24, 2.45) is 0 Å². The van der Waals surface area contributed by atoms with Crippen molar-refractivity contribution < 1.29 is 9.26 Å². The molecule has 3 rings (SSSR count). The van der Waals surface area contributed by atoms with Gasteiger partial charge >= 0.3 is 0 Å². The molecule has 0 spiro atoms. The normalized spacial score (nSPS) is 11.5. The quantitative estimate of drug-likeness (QED) is 0.684. The number of rotatable bonds is 4. The molecule has 3 aromatic rings. The molecule has 4 heteroatoms. The van der Waals surface area contributed by atoms with Crippen molar-refractivity contribution in [2.45, 2.75) is 39.7 Å². The largest absolute Gasteiger partial charge is 0.484 e. The molecular weight excluding hydrogens is 300 g/mol. The molecule has 0 aliphatic carbocycles. The van der Waals surface area contributed by atoms with Gasteiger partial charge in [-0.1, -0.05) is 67.9 Å². The number of nitrogens with zero attached hydrogens (tertiary/aromatic N) is 2. The minimum atomic E-state index is 0.133. The lowest BCUT2D eigenvalue weighted by Gasteiger charge is -2.19. The van der Waals surface area contributed by atoms with Crippen LogP contribution in [0.4, 0.5) is 0 Å². The van der Waals surface area contributed by atoms with E-state index in [2.05, 4.69) is 43.0 Å². The van der Waals surface area contributed by atoms with Gasteiger partial charge in [0.25, 0.3) is 5.89 Å². The van der Waals surface area contributed by atoms with Crippen LogP contribution in [0.1, 0.15) is 37.8 Å². The average molecular weight is 322 g/mol. The van der Waals surface area contributed by atoms with Gasteiger partial charge in [0.05, 0.1) is 0 Å². The van der Waals surface area contributed by atoms with E-state index in [1.54, 1.807) is 0 Å². The summed E-state index contributed by atoms with van der Waals surface area (Å²) >= 11 is 0. The molecule has 1 heterocycles. The Labute approximate surface area is 142 Å². The van der Waals surface area contributed by atoms with Crippen molar-refractivity contribution in [1.29, 1.82) is 0 Å². The van der Waals surface area contributed by atoms with Crippen molar-refractivity contribution in [3.63, 3.8) is 0 Å². The van der Waals surface area contributed by atoms with Gasteiger partial charge in [-0.25, -0.2) is 0 Å². The first-order chi connectivity index (χ1) is 11.4. The summed E-state index contributed by atoms with van der Waals surface area (Å²) in [5.41, 5.74) is 3.54. The van der Waals surface area contributed by atoms with Crippen LogP contribution in [0.25, 0.3) is 11.4 Å². The summed E-state index contributed by atoms with van der Waals surface area (Å²) in [7, 11) is 0. The molecule has 0 saturated heterocycles. The van der Waals surface area contributed by atoms with Crippen LogP contribution in [0.3, 0.4) is 0 Å². The van der Waals surface area contributed by atoms with E-state index in [0.717, 1.165) is 11.3 Å². The molecule has 1 aromatic heterocycles. The summed E-state index contributed by atoms with van der Waals surface area (Å²) in [6.07, 6.45) is 0. The number of ether oxygens (including phenoxy) is 1. The van der Waals surface area contributed by atoms with Crippen molar-refractivity contribution >= 4 is 0 Å². The van der Waals surface area contributed by atoms with Gasteiger partial charge in [0, 0.05) is 5.56 Å². The number of benzene rings is 2.